The number of hydrogen-bond acceptors (Lipinski definition) is 2. The van der Waals surface area contributed by atoms with Crippen molar-refractivity contribution in [3.63, 3.8) is 0 Å². The van der Waals surface area contributed by atoms with Gasteiger partial charge in [0, 0.05) is 18.8 Å². The van der Waals surface area contributed by atoms with Gasteiger partial charge in [0.15, 0.2) is 0 Å². The molecule has 4 heteroatoms. The monoisotopic (exact) mass is 216 g/mol. The summed E-state index contributed by atoms with van der Waals surface area (Å²) in [6, 6.07) is 7.60. The quantitative estimate of drug-likeness (QED) is 0.783. The zero-order valence-electron chi connectivity index (χ0n) is 8.72. The summed E-state index contributed by atoms with van der Waals surface area (Å²) in [6.45, 7) is 0. The number of aryl methyl sites for hydroxylation is 1. The van der Waals surface area contributed by atoms with Gasteiger partial charge in [-0.25, -0.2) is 4.79 Å². The number of imidazole rings is 1. The number of aldehydes is 1. The van der Waals surface area contributed by atoms with E-state index in [4.69, 9.17) is 0 Å². The second-order valence-corrected chi connectivity index (χ2v) is 3.51. The molecule has 0 saturated carbocycles. The smallest absolute Gasteiger partial charge is 0.312 e. The van der Waals surface area contributed by atoms with Crippen molar-refractivity contribution in [3.05, 3.63) is 52.7 Å². The second-order valence-electron chi connectivity index (χ2n) is 3.51. The fourth-order valence-electron chi connectivity index (χ4n) is 1.57. The summed E-state index contributed by atoms with van der Waals surface area (Å²) in [5, 5.41) is 0. The van der Waals surface area contributed by atoms with E-state index in [0.717, 1.165) is 24.0 Å². The van der Waals surface area contributed by atoms with Gasteiger partial charge in [-0.1, -0.05) is 12.1 Å². The zero-order chi connectivity index (χ0) is 11.4. The lowest BCUT2D eigenvalue weighted by Crippen LogP contribution is -2.13. The Morgan fingerprint density at radius 3 is 2.56 bits per heavy atom. The first-order valence-electron chi connectivity index (χ1n) is 5.10. The number of H-pyrrole nitrogens is 1. The maximum Gasteiger partial charge on any atom is 0.330 e. The predicted molar refractivity (Wildman–Crippen MR) is 60.8 cm³/mol. The number of nitrogens with one attached hydrogen (secondary N) is 1. The average Bonchev–Trinajstić information content (AvgIpc) is 2.74. The first-order valence-corrected chi connectivity index (χ1v) is 5.10. The molecule has 1 N–H and O–H groups in total. The highest BCUT2D eigenvalue weighted by molar-refractivity contribution is 5.50. The zero-order valence-corrected chi connectivity index (χ0v) is 8.72. The van der Waals surface area contributed by atoms with E-state index in [0.29, 0.717) is 6.42 Å². The van der Waals surface area contributed by atoms with Crippen LogP contribution in [0.25, 0.3) is 5.69 Å². The molecule has 4 nitrogen and oxygen atoms in total. The lowest BCUT2D eigenvalue weighted by atomic mass is 10.1. The van der Waals surface area contributed by atoms with Gasteiger partial charge < -0.3 is 9.78 Å². The van der Waals surface area contributed by atoms with E-state index in [9.17, 15) is 9.59 Å². The lowest BCUT2D eigenvalue weighted by Gasteiger charge is -2.02. The van der Waals surface area contributed by atoms with Crippen LogP contribution in [-0.2, 0) is 11.2 Å². The van der Waals surface area contributed by atoms with Crippen LogP contribution in [0.1, 0.15) is 12.0 Å². The van der Waals surface area contributed by atoms with E-state index in [1.807, 2.05) is 24.3 Å². The van der Waals surface area contributed by atoms with Gasteiger partial charge in [-0.15, -0.1) is 0 Å². The Morgan fingerprint density at radius 1 is 1.25 bits per heavy atom. The molecule has 0 unspecified atom stereocenters. The Labute approximate surface area is 92.5 Å². The number of nitrogens with zero attached hydrogens (tertiary/aromatic N) is 1. The summed E-state index contributed by atoms with van der Waals surface area (Å²) in [5.74, 6) is 0. The van der Waals surface area contributed by atoms with Crippen LogP contribution < -0.4 is 5.69 Å². The minimum absolute atomic E-state index is 0.152. The normalized spacial score (nSPS) is 10.2. The van der Waals surface area contributed by atoms with Crippen molar-refractivity contribution in [2.45, 2.75) is 12.8 Å². The number of benzene rings is 1. The summed E-state index contributed by atoms with van der Waals surface area (Å²) in [4.78, 5) is 24.1. The molecule has 0 aliphatic carbocycles. The molecule has 0 fully saturated rings. The SMILES string of the molecule is O=CCCc1ccc(-n2cc[nH]c2=O)cc1. The van der Waals surface area contributed by atoms with Crippen LogP contribution in [-0.4, -0.2) is 15.8 Å². The molecule has 0 aliphatic heterocycles. The van der Waals surface area contributed by atoms with Crippen molar-refractivity contribution < 1.29 is 4.79 Å². The molecule has 1 heterocycles. The van der Waals surface area contributed by atoms with Crippen molar-refractivity contribution in [2.75, 3.05) is 0 Å². The third-order valence-electron chi connectivity index (χ3n) is 2.41. The molecule has 82 valence electrons. The molecule has 0 amide bonds. The van der Waals surface area contributed by atoms with Gasteiger partial charge in [-0.2, -0.15) is 0 Å². The summed E-state index contributed by atoms with van der Waals surface area (Å²) in [7, 11) is 0. The standard InChI is InChI=1S/C12H12N2O2/c15-9-1-2-10-3-5-11(6-4-10)14-8-7-13-12(14)16/h3-9H,1-2H2,(H,13,16). The van der Waals surface area contributed by atoms with Crippen LogP contribution in [0.4, 0.5) is 0 Å². The second kappa shape index (κ2) is 4.61. The summed E-state index contributed by atoms with van der Waals surface area (Å²) >= 11 is 0. The molecular weight excluding hydrogens is 204 g/mol. The number of aromatic amines is 1. The van der Waals surface area contributed by atoms with Crippen molar-refractivity contribution in [2.24, 2.45) is 0 Å². The average molecular weight is 216 g/mol. The molecule has 0 atom stereocenters. The highest BCUT2D eigenvalue weighted by atomic mass is 16.1. The number of carbonyl (C=O) groups is 1. The first kappa shape index (κ1) is 10.4. The van der Waals surface area contributed by atoms with Gasteiger partial charge in [-0.05, 0) is 24.1 Å². The van der Waals surface area contributed by atoms with Crippen LogP contribution in [0.15, 0.2) is 41.5 Å². The van der Waals surface area contributed by atoms with Gasteiger partial charge in [0.1, 0.15) is 6.29 Å². The highest BCUT2D eigenvalue weighted by Crippen LogP contribution is 2.08. The van der Waals surface area contributed by atoms with Crippen LogP contribution in [0.3, 0.4) is 0 Å². The van der Waals surface area contributed by atoms with Crippen molar-refractivity contribution in [1.29, 1.82) is 0 Å². The fourth-order valence-corrected chi connectivity index (χ4v) is 1.57. The minimum Gasteiger partial charge on any atom is -0.312 e. The molecule has 1 aromatic heterocycles. The molecule has 2 rings (SSSR count). The van der Waals surface area contributed by atoms with Crippen LogP contribution >= 0.6 is 0 Å². The topological polar surface area (TPSA) is 54.9 Å². The van der Waals surface area contributed by atoms with Gasteiger partial charge in [0.2, 0.25) is 0 Å². The number of aromatic nitrogens is 2. The van der Waals surface area contributed by atoms with Gasteiger partial charge in [0.25, 0.3) is 0 Å². The first-order chi connectivity index (χ1) is 7.81. The molecule has 0 saturated heterocycles. The molecule has 2 aromatic rings. The van der Waals surface area contributed by atoms with Crippen molar-refractivity contribution in [1.82, 2.24) is 9.55 Å². The van der Waals surface area contributed by atoms with E-state index in [1.165, 1.54) is 4.57 Å². The molecule has 0 aliphatic rings. The van der Waals surface area contributed by atoms with Gasteiger partial charge in [0.05, 0.1) is 5.69 Å². The Balaban J connectivity index is 2.23. The Bertz CT molecular complexity index is 522. The van der Waals surface area contributed by atoms with Crippen LogP contribution in [0, 0.1) is 0 Å². The molecule has 16 heavy (non-hydrogen) atoms. The van der Waals surface area contributed by atoms with E-state index in [-0.39, 0.29) is 5.69 Å². The number of rotatable bonds is 4. The van der Waals surface area contributed by atoms with E-state index in [1.54, 1.807) is 12.4 Å². The van der Waals surface area contributed by atoms with E-state index >= 15 is 0 Å². The molecule has 1 aromatic carbocycles. The molecular formula is C12H12N2O2. The number of hydrogen-bond donors (Lipinski definition) is 1. The lowest BCUT2D eigenvalue weighted by molar-refractivity contribution is -0.107. The maximum atomic E-state index is 11.3. The molecule has 0 radical (unpaired) electrons. The minimum atomic E-state index is -0.152. The molecule has 0 spiro atoms. The van der Waals surface area contributed by atoms with Crippen LogP contribution in [0.2, 0.25) is 0 Å². The summed E-state index contributed by atoms with van der Waals surface area (Å²) < 4.78 is 1.53. The highest BCUT2D eigenvalue weighted by Gasteiger charge is 1.99. The van der Waals surface area contributed by atoms with Crippen molar-refractivity contribution >= 4 is 6.29 Å². The summed E-state index contributed by atoms with van der Waals surface area (Å²) in [5.41, 5.74) is 1.76. The Morgan fingerprint density at radius 2 is 2.00 bits per heavy atom. The van der Waals surface area contributed by atoms with Gasteiger partial charge >= 0.3 is 5.69 Å². The third-order valence-corrected chi connectivity index (χ3v) is 2.41. The van der Waals surface area contributed by atoms with Crippen LogP contribution in [0.5, 0.6) is 0 Å². The largest absolute Gasteiger partial charge is 0.330 e. The van der Waals surface area contributed by atoms with E-state index in [2.05, 4.69) is 4.98 Å². The van der Waals surface area contributed by atoms with Gasteiger partial charge in [-0.3, -0.25) is 4.57 Å². The molecule has 0 bridgehead atoms. The van der Waals surface area contributed by atoms with Crippen molar-refractivity contribution in [3.8, 4) is 5.69 Å². The number of carbonyl (C=O) groups excluding carboxylic acids is 1. The predicted octanol–water partition coefficient (Wildman–Crippen LogP) is 1.30. The fraction of sp³-hybridized carbons (Fsp3) is 0.167. The maximum absolute atomic E-state index is 11.3. The third kappa shape index (κ3) is 2.11. The Kier molecular flexibility index (Phi) is 3.00. The Hall–Kier alpha value is -2.10. The van der Waals surface area contributed by atoms with E-state index < -0.39 is 0 Å². The summed E-state index contributed by atoms with van der Waals surface area (Å²) in [6.07, 6.45) is 5.46.